The Balaban J connectivity index is 1.75. The average molecular weight is 277 g/mol. The molecule has 0 aromatic heterocycles. The molecule has 0 aliphatic carbocycles. The van der Waals surface area contributed by atoms with Gasteiger partial charge in [0.25, 0.3) is 0 Å². The van der Waals surface area contributed by atoms with Gasteiger partial charge in [0.15, 0.2) is 0 Å². The van der Waals surface area contributed by atoms with Crippen molar-refractivity contribution in [2.45, 2.75) is 12.8 Å². The van der Waals surface area contributed by atoms with Crippen molar-refractivity contribution in [2.24, 2.45) is 5.92 Å². The van der Waals surface area contributed by atoms with Crippen molar-refractivity contribution in [2.75, 3.05) is 44.4 Å². The maximum atomic E-state index is 12.0. The standard InChI is InChI=1S/C15H23N3O2/c1-18(9-12-4-3-7-20-11-12)10-15(19)17-14-6-2-5-13(16)8-14/h2,5-6,8,12H,3-4,7,9-11,16H2,1H3,(H,17,19). The maximum Gasteiger partial charge on any atom is 0.238 e. The van der Waals surface area contributed by atoms with Crippen LogP contribution in [-0.4, -0.2) is 44.2 Å². The molecule has 0 bridgehead atoms. The van der Waals surface area contributed by atoms with Crippen LogP contribution >= 0.6 is 0 Å². The zero-order valence-electron chi connectivity index (χ0n) is 12.0. The van der Waals surface area contributed by atoms with E-state index in [9.17, 15) is 4.79 Å². The summed E-state index contributed by atoms with van der Waals surface area (Å²) in [5.41, 5.74) is 7.07. The molecule has 1 aliphatic rings. The highest BCUT2D eigenvalue weighted by Crippen LogP contribution is 2.15. The molecule has 0 spiro atoms. The molecule has 1 saturated heterocycles. The van der Waals surface area contributed by atoms with E-state index in [0.29, 0.717) is 18.2 Å². The predicted molar refractivity (Wildman–Crippen MR) is 80.5 cm³/mol. The van der Waals surface area contributed by atoms with Gasteiger partial charge in [-0.2, -0.15) is 0 Å². The molecule has 1 aliphatic heterocycles. The van der Waals surface area contributed by atoms with Crippen molar-refractivity contribution in [1.82, 2.24) is 4.90 Å². The normalized spacial score (nSPS) is 19.0. The molecule has 5 nitrogen and oxygen atoms in total. The third-order valence-corrected chi connectivity index (χ3v) is 3.41. The van der Waals surface area contributed by atoms with E-state index in [1.165, 1.54) is 6.42 Å². The Hall–Kier alpha value is -1.59. The highest BCUT2D eigenvalue weighted by Gasteiger charge is 2.17. The molecule has 0 saturated carbocycles. The number of nitrogens with one attached hydrogen (secondary N) is 1. The van der Waals surface area contributed by atoms with Gasteiger partial charge in [-0.15, -0.1) is 0 Å². The molecule has 5 heteroatoms. The summed E-state index contributed by atoms with van der Waals surface area (Å²) in [4.78, 5) is 14.0. The van der Waals surface area contributed by atoms with Gasteiger partial charge in [-0.3, -0.25) is 9.69 Å². The van der Waals surface area contributed by atoms with Crippen LogP contribution in [0.3, 0.4) is 0 Å². The first-order chi connectivity index (χ1) is 9.63. The number of amides is 1. The Morgan fingerprint density at radius 2 is 2.40 bits per heavy atom. The van der Waals surface area contributed by atoms with E-state index >= 15 is 0 Å². The van der Waals surface area contributed by atoms with Crippen molar-refractivity contribution in [3.05, 3.63) is 24.3 Å². The van der Waals surface area contributed by atoms with Crippen LogP contribution in [-0.2, 0) is 9.53 Å². The molecule has 1 fully saturated rings. The summed E-state index contributed by atoms with van der Waals surface area (Å²) in [6.45, 7) is 2.95. The second-order valence-electron chi connectivity index (χ2n) is 5.45. The molecule has 1 atom stereocenters. The van der Waals surface area contributed by atoms with Gasteiger partial charge in [0.05, 0.1) is 13.2 Å². The summed E-state index contributed by atoms with van der Waals surface area (Å²) in [6, 6.07) is 7.22. The van der Waals surface area contributed by atoms with Crippen LogP contribution in [0.5, 0.6) is 0 Å². The number of nitrogen functional groups attached to an aromatic ring is 1. The second-order valence-corrected chi connectivity index (χ2v) is 5.45. The van der Waals surface area contributed by atoms with Gasteiger partial charge in [-0.25, -0.2) is 0 Å². The van der Waals surface area contributed by atoms with E-state index in [4.69, 9.17) is 10.5 Å². The minimum absolute atomic E-state index is 0.0187. The fraction of sp³-hybridized carbons (Fsp3) is 0.533. The second kappa shape index (κ2) is 7.26. The number of likely N-dealkylation sites (N-methyl/N-ethyl adjacent to an activating group) is 1. The first kappa shape index (κ1) is 14.8. The number of rotatable bonds is 5. The lowest BCUT2D eigenvalue weighted by atomic mass is 10.0. The zero-order chi connectivity index (χ0) is 14.4. The molecule has 1 amide bonds. The summed E-state index contributed by atoms with van der Waals surface area (Å²) >= 11 is 0. The van der Waals surface area contributed by atoms with Crippen LogP contribution < -0.4 is 11.1 Å². The van der Waals surface area contributed by atoms with Crippen LogP contribution in [0, 0.1) is 5.92 Å². The number of benzene rings is 1. The number of ether oxygens (including phenoxy) is 1. The summed E-state index contributed by atoms with van der Waals surface area (Å²) < 4.78 is 5.46. The van der Waals surface area contributed by atoms with Crippen LogP contribution in [0.1, 0.15) is 12.8 Å². The summed E-state index contributed by atoms with van der Waals surface area (Å²) in [6.07, 6.45) is 2.30. The first-order valence-electron chi connectivity index (χ1n) is 7.05. The lowest BCUT2D eigenvalue weighted by Gasteiger charge is -2.26. The molecule has 2 rings (SSSR count). The van der Waals surface area contributed by atoms with Crippen LogP contribution in [0.15, 0.2) is 24.3 Å². The molecule has 1 heterocycles. The molecule has 1 aromatic carbocycles. The van der Waals surface area contributed by atoms with Gasteiger partial charge in [0.1, 0.15) is 0 Å². The van der Waals surface area contributed by atoms with Crippen molar-refractivity contribution >= 4 is 17.3 Å². The van der Waals surface area contributed by atoms with Crippen LogP contribution in [0.4, 0.5) is 11.4 Å². The first-order valence-corrected chi connectivity index (χ1v) is 7.05. The largest absolute Gasteiger partial charge is 0.399 e. The van der Waals surface area contributed by atoms with E-state index in [-0.39, 0.29) is 5.91 Å². The fourth-order valence-corrected chi connectivity index (χ4v) is 2.52. The third-order valence-electron chi connectivity index (χ3n) is 3.41. The summed E-state index contributed by atoms with van der Waals surface area (Å²) in [7, 11) is 1.97. The number of nitrogens with two attached hydrogens (primary N) is 1. The average Bonchev–Trinajstić information content (AvgIpc) is 2.39. The van der Waals surface area contributed by atoms with E-state index < -0.39 is 0 Å². The van der Waals surface area contributed by atoms with Crippen molar-refractivity contribution < 1.29 is 9.53 Å². The third kappa shape index (κ3) is 4.83. The minimum Gasteiger partial charge on any atom is -0.399 e. The van der Waals surface area contributed by atoms with Gasteiger partial charge < -0.3 is 15.8 Å². The van der Waals surface area contributed by atoms with E-state index in [2.05, 4.69) is 5.32 Å². The monoisotopic (exact) mass is 277 g/mol. The Morgan fingerprint density at radius 3 is 3.10 bits per heavy atom. The molecule has 20 heavy (non-hydrogen) atoms. The summed E-state index contributed by atoms with van der Waals surface area (Å²) in [5.74, 6) is 0.517. The van der Waals surface area contributed by atoms with E-state index in [1.54, 1.807) is 12.1 Å². The minimum atomic E-state index is -0.0187. The predicted octanol–water partition coefficient (Wildman–Crippen LogP) is 1.57. The number of hydrogen-bond acceptors (Lipinski definition) is 4. The van der Waals surface area contributed by atoms with Crippen molar-refractivity contribution in [1.29, 1.82) is 0 Å². The zero-order valence-corrected chi connectivity index (χ0v) is 12.0. The molecule has 110 valence electrons. The number of carbonyl (C=O) groups is 1. The smallest absolute Gasteiger partial charge is 0.238 e. The van der Waals surface area contributed by atoms with Crippen molar-refractivity contribution in [3.63, 3.8) is 0 Å². The van der Waals surface area contributed by atoms with Crippen LogP contribution in [0.25, 0.3) is 0 Å². The molecule has 0 radical (unpaired) electrons. The lowest BCUT2D eigenvalue weighted by molar-refractivity contribution is -0.117. The van der Waals surface area contributed by atoms with Gasteiger partial charge in [0, 0.05) is 24.5 Å². The maximum absolute atomic E-state index is 12.0. The van der Waals surface area contributed by atoms with E-state index in [0.717, 1.165) is 31.9 Å². The van der Waals surface area contributed by atoms with Gasteiger partial charge in [0.2, 0.25) is 5.91 Å². The summed E-state index contributed by atoms with van der Waals surface area (Å²) in [5, 5.41) is 2.86. The Kier molecular flexibility index (Phi) is 5.38. The number of carbonyl (C=O) groups excluding carboxylic acids is 1. The SMILES string of the molecule is CN(CC(=O)Nc1cccc(N)c1)CC1CCCOC1. The topological polar surface area (TPSA) is 67.6 Å². The molecular formula is C15H23N3O2. The highest BCUT2D eigenvalue weighted by molar-refractivity contribution is 5.92. The Bertz CT molecular complexity index is 444. The molecular weight excluding hydrogens is 254 g/mol. The number of hydrogen-bond donors (Lipinski definition) is 2. The van der Waals surface area contributed by atoms with Gasteiger partial charge in [-0.05, 0) is 44.0 Å². The Labute approximate surface area is 120 Å². The van der Waals surface area contributed by atoms with E-state index in [1.807, 2.05) is 24.1 Å². The van der Waals surface area contributed by atoms with Crippen molar-refractivity contribution in [3.8, 4) is 0 Å². The molecule has 3 N–H and O–H groups in total. The quantitative estimate of drug-likeness (QED) is 0.802. The Morgan fingerprint density at radius 1 is 1.55 bits per heavy atom. The molecule has 1 unspecified atom stereocenters. The number of nitrogens with zero attached hydrogens (tertiary/aromatic N) is 1. The lowest BCUT2D eigenvalue weighted by Crippen LogP contribution is -2.36. The van der Waals surface area contributed by atoms with Gasteiger partial charge >= 0.3 is 0 Å². The fourth-order valence-electron chi connectivity index (χ4n) is 2.52. The highest BCUT2D eigenvalue weighted by atomic mass is 16.5. The molecule has 1 aromatic rings. The van der Waals surface area contributed by atoms with Gasteiger partial charge in [-0.1, -0.05) is 6.07 Å². The number of anilines is 2. The van der Waals surface area contributed by atoms with Crippen LogP contribution in [0.2, 0.25) is 0 Å².